The summed E-state index contributed by atoms with van der Waals surface area (Å²) in [5.41, 5.74) is 0.730. The second kappa shape index (κ2) is 8.60. The molecule has 1 N–H and O–H groups in total. The molecule has 1 saturated carbocycles. The number of benzene rings is 1. The van der Waals surface area contributed by atoms with E-state index < -0.39 is 0 Å². The molecule has 26 heavy (non-hydrogen) atoms. The molecule has 0 aliphatic heterocycles. The third kappa shape index (κ3) is 4.40. The zero-order valence-electron chi connectivity index (χ0n) is 14.4. The third-order valence-electron chi connectivity index (χ3n) is 4.37. The zero-order chi connectivity index (χ0) is 18.5. The van der Waals surface area contributed by atoms with Crippen LogP contribution in [0.4, 0.5) is 5.69 Å². The van der Waals surface area contributed by atoms with Crippen molar-refractivity contribution in [2.24, 2.45) is 0 Å². The Morgan fingerprint density at radius 2 is 1.85 bits per heavy atom. The van der Waals surface area contributed by atoms with Gasteiger partial charge in [-0.15, -0.1) is 0 Å². The van der Waals surface area contributed by atoms with E-state index in [0.29, 0.717) is 22.7 Å². The molecule has 1 fully saturated rings. The predicted octanol–water partition coefficient (Wildman–Crippen LogP) is 5.36. The van der Waals surface area contributed by atoms with Crippen LogP contribution in [0.3, 0.4) is 0 Å². The van der Waals surface area contributed by atoms with Gasteiger partial charge in [0, 0.05) is 18.5 Å². The molecule has 0 saturated heterocycles. The number of carbonyl (C=O) groups is 1. The molecule has 0 radical (unpaired) electrons. The Kier molecular flexibility index (Phi) is 6.22. The van der Waals surface area contributed by atoms with Gasteiger partial charge >= 0.3 is 0 Å². The van der Waals surface area contributed by atoms with Crippen LogP contribution in [0.5, 0.6) is 11.5 Å². The second-order valence-electron chi connectivity index (χ2n) is 6.17. The summed E-state index contributed by atoms with van der Waals surface area (Å²) in [6.45, 7) is 0. The first-order chi connectivity index (χ1) is 12.6. The molecule has 5 nitrogen and oxygen atoms in total. The summed E-state index contributed by atoms with van der Waals surface area (Å²) in [5, 5.41) is 3.29. The number of pyridine rings is 1. The summed E-state index contributed by atoms with van der Waals surface area (Å²) >= 11 is 12.2. The van der Waals surface area contributed by atoms with Crippen molar-refractivity contribution in [2.45, 2.75) is 38.2 Å². The SMILES string of the molecule is COc1ccc(C(=O)Nc2c(Cl)cncc2Cl)c(OC2CCCCC2)c1. The summed E-state index contributed by atoms with van der Waals surface area (Å²) in [4.78, 5) is 16.7. The molecule has 138 valence electrons. The van der Waals surface area contributed by atoms with Gasteiger partial charge in [0.1, 0.15) is 11.5 Å². The van der Waals surface area contributed by atoms with Crippen LogP contribution in [0.15, 0.2) is 30.6 Å². The van der Waals surface area contributed by atoms with Crippen molar-refractivity contribution < 1.29 is 14.3 Å². The van der Waals surface area contributed by atoms with Gasteiger partial charge in [-0.25, -0.2) is 0 Å². The highest BCUT2D eigenvalue weighted by Crippen LogP contribution is 2.32. The fraction of sp³-hybridized carbons (Fsp3) is 0.368. The maximum Gasteiger partial charge on any atom is 0.259 e. The van der Waals surface area contributed by atoms with Crippen molar-refractivity contribution >= 4 is 34.8 Å². The van der Waals surface area contributed by atoms with E-state index in [9.17, 15) is 4.79 Å². The average molecular weight is 395 g/mol. The number of halogens is 2. The number of ether oxygens (including phenoxy) is 2. The predicted molar refractivity (Wildman–Crippen MR) is 103 cm³/mol. The van der Waals surface area contributed by atoms with Crippen LogP contribution in [0.1, 0.15) is 42.5 Å². The minimum Gasteiger partial charge on any atom is -0.497 e. The first-order valence-electron chi connectivity index (χ1n) is 8.53. The van der Waals surface area contributed by atoms with Gasteiger partial charge in [-0.1, -0.05) is 29.6 Å². The van der Waals surface area contributed by atoms with Gasteiger partial charge in [-0.3, -0.25) is 9.78 Å². The Labute approximate surface area is 162 Å². The number of anilines is 1. The molecule has 0 atom stereocenters. The zero-order valence-corrected chi connectivity index (χ0v) is 15.9. The van der Waals surface area contributed by atoms with Crippen LogP contribution in [0.25, 0.3) is 0 Å². The normalized spacial score (nSPS) is 14.7. The molecular weight excluding hydrogens is 375 g/mol. The number of hydrogen-bond donors (Lipinski definition) is 1. The Morgan fingerprint density at radius 3 is 2.50 bits per heavy atom. The molecule has 1 aromatic carbocycles. The Hall–Kier alpha value is -1.98. The highest BCUT2D eigenvalue weighted by atomic mass is 35.5. The number of hydrogen-bond acceptors (Lipinski definition) is 4. The lowest BCUT2D eigenvalue weighted by Gasteiger charge is -2.24. The van der Waals surface area contributed by atoms with Crippen molar-refractivity contribution in [3.63, 3.8) is 0 Å². The maximum atomic E-state index is 12.8. The van der Waals surface area contributed by atoms with Gasteiger partial charge in [0.25, 0.3) is 5.91 Å². The molecule has 3 rings (SSSR count). The number of carbonyl (C=O) groups excluding carboxylic acids is 1. The summed E-state index contributed by atoms with van der Waals surface area (Å²) in [5.74, 6) is 0.774. The van der Waals surface area contributed by atoms with Crippen molar-refractivity contribution in [1.82, 2.24) is 4.98 Å². The van der Waals surface area contributed by atoms with Crippen LogP contribution in [0, 0.1) is 0 Å². The fourth-order valence-corrected chi connectivity index (χ4v) is 3.45. The molecule has 1 amide bonds. The minimum atomic E-state index is -0.353. The van der Waals surface area contributed by atoms with E-state index in [0.717, 1.165) is 25.7 Å². The van der Waals surface area contributed by atoms with Gasteiger partial charge in [-0.05, 0) is 37.8 Å². The first kappa shape index (κ1) is 18.8. The number of aromatic nitrogens is 1. The summed E-state index contributed by atoms with van der Waals surface area (Å²) in [6.07, 6.45) is 8.44. The van der Waals surface area contributed by atoms with Crippen LogP contribution in [-0.2, 0) is 0 Å². The summed E-state index contributed by atoms with van der Waals surface area (Å²) in [7, 11) is 1.58. The van der Waals surface area contributed by atoms with Crippen molar-refractivity contribution in [3.8, 4) is 11.5 Å². The second-order valence-corrected chi connectivity index (χ2v) is 6.99. The van der Waals surface area contributed by atoms with Crippen LogP contribution >= 0.6 is 23.2 Å². The van der Waals surface area contributed by atoms with Crippen molar-refractivity contribution in [2.75, 3.05) is 12.4 Å². The standard InChI is InChI=1S/C19H20Cl2N2O3/c1-25-13-7-8-14(17(9-13)26-12-5-3-2-4-6-12)19(24)23-18-15(20)10-22-11-16(18)21/h7-12H,2-6H2,1H3,(H,22,23,24). The van der Waals surface area contributed by atoms with Crippen LogP contribution < -0.4 is 14.8 Å². The largest absolute Gasteiger partial charge is 0.497 e. The Bertz CT molecular complexity index is 772. The summed E-state index contributed by atoms with van der Waals surface area (Å²) in [6, 6.07) is 5.13. The van der Waals surface area contributed by atoms with E-state index in [-0.39, 0.29) is 22.1 Å². The number of amides is 1. The molecule has 0 bridgehead atoms. The molecule has 1 heterocycles. The van der Waals surface area contributed by atoms with Crippen LogP contribution in [-0.4, -0.2) is 24.1 Å². The lowest BCUT2D eigenvalue weighted by atomic mass is 9.97. The van der Waals surface area contributed by atoms with Crippen molar-refractivity contribution in [1.29, 1.82) is 0 Å². The first-order valence-corrected chi connectivity index (χ1v) is 9.29. The molecule has 1 aliphatic carbocycles. The number of methoxy groups -OCH3 is 1. The maximum absolute atomic E-state index is 12.8. The third-order valence-corrected chi connectivity index (χ3v) is 4.94. The highest BCUT2D eigenvalue weighted by Gasteiger charge is 2.21. The van der Waals surface area contributed by atoms with Gasteiger partial charge < -0.3 is 14.8 Å². The van der Waals surface area contributed by atoms with E-state index in [2.05, 4.69) is 10.3 Å². The molecule has 0 spiro atoms. The topological polar surface area (TPSA) is 60.5 Å². The van der Waals surface area contributed by atoms with Crippen LogP contribution in [0.2, 0.25) is 10.0 Å². The van der Waals surface area contributed by atoms with E-state index in [1.165, 1.54) is 18.8 Å². The van der Waals surface area contributed by atoms with E-state index in [1.54, 1.807) is 25.3 Å². The van der Waals surface area contributed by atoms with E-state index >= 15 is 0 Å². The van der Waals surface area contributed by atoms with Gasteiger partial charge in [0.15, 0.2) is 0 Å². The molecular formula is C19H20Cl2N2O3. The molecule has 0 unspecified atom stereocenters. The van der Waals surface area contributed by atoms with E-state index in [1.807, 2.05) is 0 Å². The van der Waals surface area contributed by atoms with Gasteiger partial charge in [0.05, 0.1) is 34.5 Å². The number of rotatable bonds is 5. The van der Waals surface area contributed by atoms with E-state index in [4.69, 9.17) is 32.7 Å². The van der Waals surface area contributed by atoms with Crippen molar-refractivity contribution in [3.05, 3.63) is 46.2 Å². The smallest absolute Gasteiger partial charge is 0.259 e. The van der Waals surface area contributed by atoms with Gasteiger partial charge in [-0.2, -0.15) is 0 Å². The highest BCUT2D eigenvalue weighted by molar-refractivity contribution is 6.39. The van der Waals surface area contributed by atoms with Gasteiger partial charge in [0.2, 0.25) is 0 Å². The monoisotopic (exact) mass is 394 g/mol. The molecule has 2 aromatic rings. The Morgan fingerprint density at radius 1 is 1.15 bits per heavy atom. The lowest BCUT2D eigenvalue weighted by molar-refractivity contribution is 0.101. The summed E-state index contributed by atoms with van der Waals surface area (Å²) < 4.78 is 11.4. The minimum absolute atomic E-state index is 0.107. The molecule has 7 heteroatoms. The average Bonchev–Trinajstić information content (AvgIpc) is 2.65. The Balaban J connectivity index is 1.86. The number of nitrogens with one attached hydrogen (secondary N) is 1. The quantitative estimate of drug-likeness (QED) is 0.740. The molecule has 1 aliphatic rings. The number of nitrogens with zero attached hydrogens (tertiary/aromatic N) is 1. The fourth-order valence-electron chi connectivity index (χ4n) is 2.99. The lowest BCUT2D eigenvalue weighted by Crippen LogP contribution is -2.22. The molecule has 1 aromatic heterocycles.